The number of amides is 1. The van der Waals surface area contributed by atoms with Crippen LogP contribution in [0.2, 0.25) is 0 Å². The monoisotopic (exact) mass is 231 g/mol. The van der Waals surface area contributed by atoms with Gasteiger partial charge in [-0.15, -0.1) is 0 Å². The molecule has 3 heteroatoms. The van der Waals surface area contributed by atoms with E-state index in [1.807, 2.05) is 12.1 Å². The molecule has 2 saturated carbocycles. The van der Waals surface area contributed by atoms with Gasteiger partial charge >= 0.3 is 0 Å². The molecule has 2 aliphatic carbocycles. The van der Waals surface area contributed by atoms with Crippen molar-refractivity contribution in [1.29, 1.82) is 0 Å². The molecule has 2 aliphatic rings. The number of benzene rings is 1. The first kappa shape index (κ1) is 10.6. The van der Waals surface area contributed by atoms with Crippen LogP contribution in [0.25, 0.3) is 0 Å². The molecule has 0 saturated heterocycles. The highest BCUT2D eigenvalue weighted by molar-refractivity contribution is 5.82. The predicted molar refractivity (Wildman–Crippen MR) is 64.3 cm³/mol. The zero-order valence-electron chi connectivity index (χ0n) is 9.73. The van der Waals surface area contributed by atoms with Gasteiger partial charge in [0.15, 0.2) is 0 Å². The number of fused-ring (bicyclic) bond motifs is 1. The Morgan fingerprint density at radius 1 is 1.29 bits per heavy atom. The van der Waals surface area contributed by atoms with E-state index in [4.69, 9.17) is 0 Å². The van der Waals surface area contributed by atoms with Crippen molar-refractivity contribution in [2.45, 2.75) is 25.8 Å². The summed E-state index contributed by atoms with van der Waals surface area (Å²) in [5, 5.41) is 12.5. The maximum Gasteiger partial charge on any atom is 0.223 e. The van der Waals surface area contributed by atoms with E-state index in [-0.39, 0.29) is 17.6 Å². The minimum absolute atomic E-state index is 0.169. The molecule has 1 aromatic carbocycles. The average Bonchev–Trinajstić information content (AvgIpc) is 2.82. The summed E-state index contributed by atoms with van der Waals surface area (Å²) >= 11 is 0. The van der Waals surface area contributed by atoms with E-state index in [9.17, 15) is 9.90 Å². The Bertz CT molecular complexity index is 434. The van der Waals surface area contributed by atoms with Crippen molar-refractivity contribution in [1.82, 2.24) is 5.32 Å². The smallest absolute Gasteiger partial charge is 0.223 e. The first-order chi connectivity index (χ1) is 8.27. The Hall–Kier alpha value is -1.51. The number of phenolic OH excluding ortho intramolecular Hbond substituents is 1. The van der Waals surface area contributed by atoms with Crippen molar-refractivity contribution in [3.8, 4) is 5.75 Å². The number of hydrogen-bond acceptors (Lipinski definition) is 2. The fourth-order valence-corrected chi connectivity index (χ4v) is 3.17. The zero-order valence-corrected chi connectivity index (χ0v) is 9.73. The molecule has 3 rings (SSSR count). The van der Waals surface area contributed by atoms with Gasteiger partial charge in [-0.3, -0.25) is 4.79 Å². The molecule has 0 aromatic heterocycles. The molecule has 2 atom stereocenters. The van der Waals surface area contributed by atoms with Crippen molar-refractivity contribution >= 4 is 5.91 Å². The Morgan fingerprint density at radius 2 is 2.00 bits per heavy atom. The molecule has 0 bridgehead atoms. The Kier molecular flexibility index (Phi) is 2.54. The fraction of sp³-hybridized carbons (Fsp3) is 0.500. The van der Waals surface area contributed by atoms with Crippen molar-refractivity contribution in [3.63, 3.8) is 0 Å². The fourth-order valence-electron chi connectivity index (χ4n) is 3.17. The molecule has 17 heavy (non-hydrogen) atoms. The predicted octanol–water partition coefficient (Wildman–Crippen LogP) is 2.05. The average molecular weight is 231 g/mol. The van der Waals surface area contributed by atoms with Gasteiger partial charge in [-0.2, -0.15) is 0 Å². The van der Waals surface area contributed by atoms with Crippen molar-refractivity contribution in [2.24, 2.45) is 17.8 Å². The standard InChI is InChI=1S/C14H17NO2/c16-12-7-2-1-4-9(12)8-15-14(17)13-10-5-3-6-11(10)13/h1-2,4,7,10-11,13,16H,3,5-6,8H2,(H,15,17). The van der Waals surface area contributed by atoms with Crippen LogP contribution in [-0.4, -0.2) is 11.0 Å². The molecule has 2 unspecified atom stereocenters. The van der Waals surface area contributed by atoms with Crippen LogP contribution in [-0.2, 0) is 11.3 Å². The van der Waals surface area contributed by atoms with Crippen molar-refractivity contribution < 1.29 is 9.90 Å². The van der Waals surface area contributed by atoms with E-state index in [0.29, 0.717) is 18.4 Å². The van der Waals surface area contributed by atoms with E-state index in [1.54, 1.807) is 12.1 Å². The van der Waals surface area contributed by atoms with E-state index < -0.39 is 0 Å². The Balaban J connectivity index is 1.55. The molecular weight excluding hydrogens is 214 g/mol. The molecule has 2 N–H and O–H groups in total. The maximum absolute atomic E-state index is 11.9. The van der Waals surface area contributed by atoms with Gasteiger partial charge in [0.2, 0.25) is 5.91 Å². The molecule has 1 amide bonds. The van der Waals surface area contributed by atoms with Crippen LogP contribution in [0.5, 0.6) is 5.75 Å². The second-order valence-electron chi connectivity index (χ2n) is 5.13. The summed E-state index contributed by atoms with van der Waals surface area (Å²) in [7, 11) is 0. The van der Waals surface area contributed by atoms with Crippen LogP contribution in [0.15, 0.2) is 24.3 Å². The number of rotatable bonds is 3. The summed E-state index contributed by atoms with van der Waals surface area (Å²) in [4.78, 5) is 11.9. The van der Waals surface area contributed by atoms with E-state index >= 15 is 0 Å². The van der Waals surface area contributed by atoms with Gasteiger partial charge in [-0.05, 0) is 30.7 Å². The largest absolute Gasteiger partial charge is 0.508 e. The van der Waals surface area contributed by atoms with Crippen molar-refractivity contribution in [3.05, 3.63) is 29.8 Å². The lowest BCUT2D eigenvalue weighted by Crippen LogP contribution is -2.26. The molecule has 0 aliphatic heterocycles. The number of phenols is 1. The zero-order chi connectivity index (χ0) is 11.8. The van der Waals surface area contributed by atoms with Crippen LogP contribution < -0.4 is 5.32 Å². The number of nitrogens with one attached hydrogen (secondary N) is 1. The summed E-state index contributed by atoms with van der Waals surface area (Å²) in [6.45, 7) is 0.432. The SMILES string of the molecule is O=C(NCc1ccccc1O)C1C2CCCC21. The number of hydrogen-bond donors (Lipinski definition) is 2. The van der Waals surface area contributed by atoms with Gasteiger partial charge in [0, 0.05) is 18.0 Å². The molecule has 90 valence electrons. The minimum atomic E-state index is 0.169. The molecule has 3 nitrogen and oxygen atoms in total. The Morgan fingerprint density at radius 3 is 2.71 bits per heavy atom. The van der Waals surface area contributed by atoms with Gasteiger partial charge in [0.05, 0.1) is 0 Å². The summed E-state index contributed by atoms with van der Waals surface area (Å²) in [6, 6.07) is 7.13. The van der Waals surface area contributed by atoms with E-state index in [0.717, 1.165) is 5.56 Å². The molecule has 2 fully saturated rings. The lowest BCUT2D eigenvalue weighted by molar-refractivity contribution is -0.123. The number of carbonyl (C=O) groups excluding carboxylic acids is 1. The van der Waals surface area contributed by atoms with Gasteiger partial charge in [0.25, 0.3) is 0 Å². The summed E-state index contributed by atoms with van der Waals surface area (Å²) in [5.41, 5.74) is 0.784. The summed E-state index contributed by atoms with van der Waals surface area (Å²) in [6.07, 6.45) is 3.73. The first-order valence-electron chi connectivity index (χ1n) is 6.32. The third-order valence-electron chi connectivity index (χ3n) is 4.15. The first-order valence-corrected chi connectivity index (χ1v) is 6.32. The maximum atomic E-state index is 11.9. The molecular formula is C14H17NO2. The third-order valence-corrected chi connectivity index (χ3v) is 4.15. The van der Waals surface area contributed by atoms with Crippen LogP contribution >= 0.6 is 0 Å². The van der Waals surface area contributed by atoms with Gasteiger partial charge in [0.1, 0.15) is 5.75 Å². The quantitative estimate of drug-likeness (QED) is 0.836. The van der Waals surface area contributed by atoms with Crippen LogP contribution in [0.1, 0.15) is 24.8 Å². The van der Waals surface area contributed by atoms with Gasteiger partial charge < -0.3 is 10.4 Å². The van der Waals surface area contributed by atoms with E-state index in [1.165, 1.54) is 19.3 Å². The highest BCUT2D eigenvalue weighted by Gasteiger charge is 2.56. The summed E-state index contributed by atoms with van der Waals surface area (Å²) < 4.78 is 0. The third kappa shape index (κ3) is 1.90. The van der Waals surface area contributed by atoms with Crippen molar-refractivity contribution in [2.75, 3.05) is 0 Å². The second kappa shape index (κ2) is 4.06. The summed E-state index contributed by atoms with van der Waals surface area (Å²) in [5.74, 6) is 1.99. The Labute approximate surface area is 101 Å². The molecule has 0 heterocycles. The molecule has 0 radical (unpaired) electrons. The van der Waals surface area contributed by atoms with E-state index in [2.05, 4.69) is 5.32 Å². The van der Waals surface area contributed by atoms with Gasteiger partial charge in [-0.25, -0.2) is 0 Å². The second-order valence-corrected chi connectivity index (χ2v) is 5.13. The lowest BCUT2D eigenvalue weighted by atomic mass is 10.1. The lowest BCUT2D eigenvalue weighted by Gasteiger charge is -2.07. The van der Waals surface area contributed by atoms with Crippen LogP contribution in [0, 0.1) is 17.8 Å². The minimum Gasteiger partial charge on any atom is -0.508 e. The highest BCUT2D eigenvalue weighted by Crippen LogP contribution is 2.57. The normalized spacial score (nSPS) is 29.8. The van der Waals surface area contributed by atoms with Crippen LogP contribution in [0.3, 0.4) is 0 Å². The van der Waals surface area contributed by atoms with Gasteiger partial charge in [-0.1, -0.05) is 24.6 Å². The number of para-hydroxylation sites is 1. The van der Waals surface area contributed by atoms with Crippen LogP contribution in [0.4, 0.5) is 0 Å². The number of carbonyl (C=O) groups is 1. The molecule has 1 aromatic rings. The molecule has 0 spiro atoms. The number of aromatic hydroxyl groups is 1. The highest BCUT2D eigenvalue weighted by atomic mass is 16.3. The topological polar surface area (TPSA) is 49.3 Å².